The normalized spacial score (nSPS) is 11.5. The third-order valence-electron chi connectivity index (χ3n) is 4.48. The number of carbonyl (C=O) groups excluding carboxylic acids is 1. The monoisotopic (exact) mass is 430 g/mol. The van der Waals surface area contributed by atoms with E-state index in [1.807, 2.05) is 30.3 Å². The largest absolute Gasteiger partial charge is 0.355 e. The average molecular weight is 430 g/mol. The number of nitrogens with one attached hydrogen (secondary N) is 3. The molecule has 0 fully saturated rings. The Morgan fingerprint density at radius 2 is 1.63 bits per heavy atom. The first kappa shape index (κ1) is 21.5. The van der Waals surface area contributed by atoms with E-state index in [1.165, 1.54) is 0 Å². The van der Waals surface area contributed by atoms with Crippen molar-refractivity contribution in [2.75, 3.05) is 12.3 Å². The zero-order chi connectivity index (χ0) is 21.6. The summed E-state index contributed by atoms with van der Waals surface area (Å²) in [4.78, 5) is 36.5. The van der Waals surface area contributed by atoms with Crippen LogP contribution < -0.4 is 21.2 Å². The van der Waals surface area contributed by atoms with E-state index < -0.39 is 27.0 Å². The Morgan fingerprint density at radius 1 is 0.967 bits per heavy atom. The molecule has 10 heteroatoms. The summed E-state index contributed by atoms with van der Waals surface area (Å²) in [6, 6.07) is 15.5. The number of benzene rings is 2. The highest BCUT2D eigenvalue weighted by atomic mass is 32.2. The van der Waals surface area contributed by atoms with Crippen LogP contribution in [0.1, 0.15) is 12.0 Å². The maximum Gasteiger partial charge on any atom is 0.273 e. The van der Waals surface area contributed by atoms with Gasteiger partial charge in [-0.15, -0.1) is 0 Å². The fourth-order valence-corrected chi connectivity index (χ4v) is 3.79. The Hall–Kier alpha value is -3.24. The van der Waals surface area contributed by atoms with Gasteiger partial charge in [-0.2, -0.15) is 0 Å². The van der Waals surface area contributed by atoms with Gasteiger partial charge in [0.1, 0.15) is 0 Å². The molecular weight excluding hydrogens is 408 g/mol. The summed E-state index contributed by atoms with van der Waals surface area (Å²) < 4.78 is 27.6. The van der Waals surface area contributed by atoms with Crippen molar-refractivity contribution in [3.63, 3.8) is 0 Å². The Morgan fingerprint density at radius 3 is 2.37 bits per heavy atom. The fraction of sp³-hybridized carbons (Fsp3) is 0.250. The molecule has 0 saturated carbocycles. The molecule has 0 atom stereocenters. The number of rotatable bonds is 9. The summed E-state index contributed by atoms with van der Waals surface area (Å²) in [5.41, 5.74) is 0.0202. The van der Waals surface area contributed by atoms with Crippen molar-refractivity contribution in [2.24, 2.45) is 0 Å². The van der Waals surface area contributed by atoms with Gasteiger partial charge in [0.15, 0.2) is 0 Å². The first-order valence-corrected chi connectivity index (χ1v) is 11.0. The van der Waals surface area contributed by atoms with Crippen LogP contribution in [0, 0.1) is 0 Å². The van der Waals surface area contributed by atoms with Crippen LogP contribution in [-0.4, -0.2) is 36.4 Å². The maximum absolute atomic E-state index is 12.4. The van der Waals surface area contributed by atoms with Crippen LogP contribution in [0.4, 0.5) is 0 Å². The van der Waals surface area contributed by atoms with E-state index in [4.69, 9.17) is 0 Å². The smallest absolute Gasteiger partial charge is 0.273 e. The molecule has 0 aliphatic heterocycles. The lowest BCUT2D eigenvalue weighted by Crippen LogP contribution is -2.36. The fourth-order valence-electron chi connectivity index (χ4n) is 2.89. The number of hydrogen-bond acceptors (Lipinski definition) is 5. The predicted molar refractivity (Wildman–Crippen MR) is 114 cm³/mol. The van der Waals surface area contributed by atoms with Crippen LogP contribution in [0.25, 0.3) is 10.8 Å². The summed E-state index contributed by atoms with van der Waals surface area (Å²) in [7, 11) is -3.55. The van der Waals surface area contributed by atoms with Gasteiger partial charge in [0.25, 0.3) is 11.1 Å². The van der Waals surface area contributed by atoms with Crippen LogP contribution in [0.2, 0.25) is 0 Å². The van der Waals surface area contributed by atoms with E-state index in [9.17, 15) is 22.8 Å². The van der Waals surface area contributed by atoms with Gasteiger partial charge in [-0.05, 0) is 17.7 Å². The molecule has 0 bridgehead atoms. The molecule has 0 aliphatic carbocycles. The highest BCUT2D eigenvalue weighted by Crippen LogP contribution is 2.02. The van der Waals surface area contributed by atoms with Crippen molar-refractivity contribution in [3.05, 3.63) is 80.9 Å². The third kappa shape index (κ3) is 5.65. The van der Waals surface area contributed by atoms with Gasteiger partial charge in [-0.1, -0.05) is 42.5 Å². The molecule has 0 saturated heterocycles. The molecule has 0 aliphatic rings. The average Bonchev–Trinajstić information content (AvgIpc) is 2.74. The molecule has 158 valence electrons. The molecule has 2 aromatic carbocycles. The second kappa shape index (κ2) is 9.51. The van der Waals surface area contributed by atoms with Crippen molar-refractivity contribution < 1.29 is 13.2 Å². The third-order valence-corrected chi connectivity index (χ3v) is 5.80. The Kier molecular flexibility index (Phi) is 6.80. The summed E-state index contributed by atoms with van der Waals surface area (Å²) in [5, 5.41) is 5.53. The Balaban J connectivity index is 1.48. The Bertz CT molecular complexity index is 1250. The highest BCUT2D eigenvalue weighted by Gasteiger charge is 2.12. The highest BCUT2D eigenvalue weighted by molar-refractivity contribution is 7.89. The minimum absolute atomic E-state index is 0.0241. The minimum atomic E-state index is -3.55. The number of aryl methyl sites for hydroxylation is 1. The van der Waals surface area contributed by atoms with Gasteiger partial charge in [0.05, 0.1) is 23.1 Å². The van der Waals surface area contributed by atoms with E-state index in [0.717, 1.165) is 10.2 Å². The van der Waals surface area contributed by atoms with Gasteiger partial charge >= 0.3 is 0 Å². The van der Waals surface area contributed by atoms with Crippen molar-refractivity contribution >= 4 is 26.7 Å². The molecule has 30 heavy (non-hydrogen) atoms. The maximum atomic E-state index is 12.4. The number of carbonyl (C=O) groups is 1. The standard InChI is InChI=1S/C20H22N4O5S/c25-18(21-11-13-30(28,29)22-14-15-6-2-1-3-7-15)10-12-24-20(27)17-9-5-4-8-16(17)19(26)23-24/h1-9,22H,10-14H2,(H,21,25)(H,23,26). The van der Waals surface area contributed by atoms with E-state index in [2.05, 4.69) is 15.1 Å². The number of nitrogens with zero attached hydrogens (tertiary/aromatic N) is 1. The van der Waals surface area contributed by atoms with Crippen molar-refractivity contribution in [1.29, 1.82) is 0 Å². The number of amides is 1. The van der Waals surface area contributed by atoms with E-state index in [1.54, 1.807) is 24.3 Å². The van der Waals surface area contributed by atoms with Gasteiger partial charge in [0.2, 0.25) is 15.9 Å². The molecule has 0 radical (unpaired) electrons. The van der Waals surface area contributed by atoms with Gasteiger partial charge < -0.3 is 5.32 Å². The lowest BCUT2D eigenvalue weighted by molar-refractivity contribution is -0.121. The molecule has 1 aromatic heterocycles. The van der Waals surface area contributed by atoms with Crippen LogP contribution in [-0.2, 0) is 27.9 Å². The molecule has 0 unspecified atom stereocenters. The lowest BCUT2D eigenvalue weighted by Gasteiger charge is -2.09. The van der Waals surface area contributed by atoms with Gasteiger partial charge in [-0.3, -0.25) is 19.5 Å². The van der Waals surface area contributed by atoms with Crippen LogP contribution >= 0.6 is 0 Å². The molecule has 1 amide bonds. The summed E-state index contributed by atoms with van der Waals surface area (Å²) >= 11 is 0. The molecule has 1 heterocycles. The number of sulfonamides is 1. The topological polar surface area (TPSA) is 130 Å². The zero-order valence-corrected chi connectivity index (χ0v) is 16.9. The van der Waals surface area contributed by atoms with Gasteiger partial charge in [0, 0.05) is 19.5 Å². The summed E-state index contributed by atoms with van der Waals surface area (Å²) in [5.74, 6) is -0.688. The van der Waals surface area contributed by atoms with Crippen molar-refractivity contribution in [1.82, 2.24) is 19.8 Å². The van der Waals surface area contributed by atoms with Crippen molar-refractivity contribution in [3.8, 4) is 0 Å². The van der Waals surface area contributed by atoms with E-state index >= 15 is 0 Å². The summed E-state index contributed by atoms with van der Waals surface area (Å²) in [6.07, 6.45) is -0.0777. The molecule has 3 rings (SSSR count). The Labute approximate surface area is 172 Å². The number of H-pyrrole nitrogens is 1. The second-order valence-electron chi connectivity index (χ2n) is 6.67. The number of aromatic nitrogens is 2. The minimum Gasteiger partial charge on any atom is -0.355 e. The zero-order valence-electron chi connectivity index (χ0n) is 16.1. The number of aromatic amines is 1. The SMILES string of the molecule is O=C(CCn1[nH]c(=O)c2ccccc2c1=O)NCCS(=O)(=O)NCc1ccccc1. The van der Waals surface area contributed by atoms with Crippen LogP contribution in [0.15, 0.2) is 64.2 Å². The molecule has 3 N–H and O–H groups in total. The van der Waals surface area contributed by atoms with E-state index in [-0.39, 0.29) is 42.6 Å². The molecular formula is C20H22N4O5S. The summed E-state index contributed by atoms with van der Waals surface area (Å²) in [6.45, 7) is 0.0885. The number of hydrogen-bond donors (Lipinski definition) is 3. The number of fused-ring (bicyclic) bond motifs is 1. The van der Waals surface area contributed by atoms with Gasteiger partial charge in [-0.25, -0.2) is 17.8 Å². The van der Waals surface area contributed by atoms with Crippen LogP contribution in [0.3, 0.4) is 0 Å². The van der Waals surface area contributed by atoms with E-state index in [0.29, 0.717) is 0 Å². The predicted octanol–water partition coefficient (Wildman–Crippen LogP) is 0.316. The first-order chi connectivity index (χ1) is 14.4. The lowest BCUT2D eigenvalue weighted by atomic mass is 10.2. The first-order valence-electron chi connectivity index (χ1n) is 9.35. The van der Waals surface area contributed by atoms with Crippen molar-refractivity contribution in [2.45, 2.75) is 19.5 Å². The van der Waals surface area contributed by atoms with Crippen LogP contribution in [0.5, 0.6) is 0 Å². The molecule has 0 spiro atoms. The second-order valence-corrected chi connectivity index (χ2v) is 8.60. The molecule has 9 nitrogen and oxygen atoms in total. The quantitative estimate of drug-likeness (QED) is 0.450. The molecule has 3 aromatic rings.